The molecular weight excluding hydrogens is 196 g/mol. The first-order chi connectivity index (χ1) is 7.29. The number of nitrogens with zero attached hydrogens (tertiary/aromatic N) is 2. The molecule has 6 nitrogen and oxygen atoms in total. The number of ether oxygens (including phenoxy) is 2. The van der Waals surface area contributed by atoms with Gasteiger partial charge in [0.25, 0.3) is 0 Å². The summed E-state index contributed by atoms with van der Waals surface area (Å²) in [5, 5.41) is 3.02. The van der Waals surface area contributed by atoms with Gasteiger partial charge in [-0.05, 0) is 6.92 Å². The lowest BCUT2D eigenvalue weighted by atomic mass is 10.4. The van der Waals surface area contributed by atoms with Crippen molar-refractivity contribution in [3.63, 3.8) is 0 Å². The lowest BCUT2D eigenvalue weighted by Crippen LogP contribution is -2.10. The molecule has 1 aromatic heterocycles. The van der Waals surface area contributed by atoms with Gasteiger partial charge in [0, 0.05) is 13.7 Å². The molecule has 0 aliphatic heterocycles. The zero-order chi connectivity index (χ0) is 11.1. The van der Waals surface area contributed by atoms with E-state index >= 15 is 0 Å². The van der Waals surface area contributed by atoms with Gasteiger partial charge in [0.05, 0.1) is 6.61 Å². The van der Waals surface area contributed by atoms with E-state index in [0.29, 0.717) is 30.6 Å². The van der Waals surface area contributed by atoms with Crippen molar-refractivity contribution in [2.24, 2.45) is 0 Å². The fourth-order valence-corrected chi connectivity index (χ4v) is 1.02. The van der Waals surface area contributed by atoms with E-state index in [1.54, 1.807) is 7.11 Å². The molecule has 84 valence electrons. The molecule has 1 aromatic rings. The highest BCUT2D eigenvalue weighted by Gasteiger charge is 2.07. The topological polar surface area (TPSA) is 82.3 Å². The fourth-order valence-electron chi connectivity index (χ4n) is 1.02. The highest BCUT2D eigenvalue weighted by Crippen LogP contribution is 2.23. The predicted molar refractivity (Wildman–Crippen MR) is 58.0 cm³/mol. The number of hydrogen-bond donors (Lipinski definition) is 2. The summed E-state index contributed by atoms with van der Waals surface area (Å²) in [6.45, 7) is 3.63. The van der Waals surface area contributed by atoms with Crippen LogP contribution in [-0.4, -0.2) is 36.8 Å². The zero-order valence-electron chi connectivity index (χ0n) is 8.99. The molecule has 15 heavy (non-hydrogen) atoms. The molecule has 1 heterocycles. The van der Waals surface area contributed by atoms with Crippen LogP contribution >= 0.6 is 0 Å². The van der Waals surface area contributed by atoms with Crippen molar-refractivity contribution >= 4 is 11.5 Å². The minimum Gasteiger partial charge on any atom is -0.474 e. The smallest absolute Gasteiger partial charge is 0.242 e. The van der Waals surface area contributed by atoms with Crippen molar-refractivity contribution in [1.29, 1.82) is 0 Å². The van der Waals surface area contributed by atoms with Gasteiger partial charge in [0.15, 0.2) is 5.82 Å². The van der Waals surface area contributed by atoms with Crippen molar-refractivity contribution in [3.8, 4) is 5.88 Å². The quantitative estimate of drug-likeness (QED) is 0.669. The Bertz CT molecular complexity index is 306. The van der Waals surface area contributed by atoms with Gasteiger partial charge in [0.2, 0.25) is 5.88 Å². The molecular formula is C9H16N4O2. The van der Waals surface area contributed by atoms with Crippen molar-refractivity contribution in [2.75, 3.05) is 37.9 Å². The first-order valence-corrected chi connectivity index (χ1v) is 4.75. The molecule has 0 amide bonds. The van der Waals surface area contributed by atoms with Crippen LogP contribution in [0, 0.1) is 0 Å². The Labute approximate surface area is 88.8 Å². The highest BCUT2D eigenvalue weighted by molar-refractivity contribution is 5.66. The summed E-state index contributed by atoms with van der Waals surface area (Å²) in [6.07, 6.45) is 1.41. The lowest BCUT2D eigenvalue weighted by Gasteiger charge is -2.10. The van der Waals surface area contributed by atoms with Crippen LogP contribution in [0.15, 0.2) is 6.33 Å². The maximum atomic E-state index is 5.80. The van der Waals surface area contributed by atoms with E-state index in [1.165, 1.54) is 6.33 Å². The van der Waals surface area contributed by atoms with Gasteiger partial charge in [0.1, 0.15) is 18.6 Å². The molecule has 1 rings (SSSR count). The average Bonchev–Trinajstić information content (AvgIpc) is 2.24. The van der Waals surface area contributed by atoms with Crippen LogP contribution in [0.1, 0.15) is 6.92 Å². The molecule has 0 atom stereocenters. The molecule has 0 radical (unpaired) electrons. The Kier molecular flexibility index (Phi) is 4.62. The Balaban J connectivity index is 2.66. The summed E-state index contributed by atoms with van der Waals surface area (Å²) < 4.78 is 10.2. The zero-order valence-corrected chi connectivity index (χ0v) is 8.99. The van der Waals surface area contributed by atoms with Crippen molar-refractivity contribution < 1.29 is 9.47 Å². The minimum absolute atomic E-state index is 0.387. The molecule has 0 aliphatic rings. The van der Waals surface area contributed by atoms with E-state index in [1.807, 2.05) is 6.92 Å². The number of nitrogens with two attached hydrogens (primary N) is 1. The predicted octanol–water partition coefficient (Wildman–Crippen LogP) is 0.516. The number of aromatic nitrogens is 2. The lowest BCUT2D eigenvalue weighted by molar-refractivity contribution is 0.144. The number of hydrogen-bond acceptors (Lipinski definition) is 6. The average molecular weight is 212 g/mol. The number of anilines is 2. The number of rotatable bonds is 6. The summed E-state index contributed by atoms with van der Waals surface area (Å²) in [7, 11) is 1.61. The van der Waals surface area contributed by atoms with Crippen molar-refractivity contribution in [1.82, 2.24) is 9.97 Å². The van der Waals surface area contributed by atoms with Crippen LogP contribution < -0.4 is 15.8 Å². The highest BCUT2D eigenvalue weighted by atomic mass is 16.5. The summed E-state index contributed by atoms with van der Waals surface area (Å²) >= 11 is 0. The summed E-state index contributed by atoms with van der Waals surface area (Å²) in [5.74, 6) is 0.984. The van der Waals surface area contributed by atoms with Crippen LogP contribution in [0.5, 0.6) is 5.88 Å². The summed E-state index contributed by atoms with van der Waals surface area (Å²) in [4.78, 5) is 7.94. The largest absolute Gasteiger partial charge is 0.474 e. The van der Waals surface area contributed by atoms with Crippen LogP contribution in [0.3, 0.4) is 0 Å². The van der Waals surface area contributed by atoms with Crippen LogP contribution in [-0.2, 0) is 4.74 Å². The summed E-state index contributed by atoms with van der Waals surface area (Å²) in [5.41, 5.74) is 6.22. The molecule has 0 aliphatic carbocycles. The van der Waals surface area contributed by atoms with Crippen LogP contribution in [0.4, 0.5) is 11.5 Å². The van der Waals surface area contributed by atoms with Crippen LogP contribution in [0.2, 0.25) is 0 Å². The van der Waals surface area contributed by atoms with E-state index in [9.17, 15) is 0 Å². The molecule has 0 bridgehead atoms. The standard InChI is InChI=1S/C9H16N4O2/c1-3-11-8-7(10)9(13-6-12-8)15-5-4-14-2/h6H,3-5,10H2,1-2H3,(H,11,12,13). The molecule has 6 heteroatoms. The maximum Gasteiger partial charge on any atom is 0.242 e. The first-order valence-electron chi connectivity index (χ1n) is 4.75. The van der Waals surface area contributed by atoms with Crippen molar-refractivity contribution in [3.05, 3.63) is 6.33 Å². The monoisotopic (exact) mass is 212 g/mol. The minimum atomic E-state index is 0.387. The van der Waals surface area contributed by atoms with Gasteiger partial charge in [-0.25, -0.2) is 4.98 Å². The van der Waals surface area contributed by atoms with Gasteiger partial charge in [-0.3, -0.25) is 0 Å². The van der Waals surface area contributed by atoms with Gasteiger partial charge in [-0.1, -0.05) is 0 Å². The second kappa shape index (κ2) is 6.02. The Morgan fingerprint density at radius 2 is 2.20 bits per heavy atom. The van der Waals surface area contributed by atoms with Gasteiger partial charge in [-0.15, -0.1) is 0 Å². The molecule has 0 aromatic carbocycles. The number of nitrogen functional groups attached to an aromatic ring is 1. The second-order valence-electron chi connectivity index (χ2n) is 2.81. The Morgan fingerprint density at radius 1 is 1.40 bits per heavy atom. The molecule has 0 unspecified atom stereocenters. The van der Waals surface area contributed by atoms with Gasteiger partial charge >= 0.3 is 0 Å². The van der Waals surface area contributed by atoms with E-state index in [4.69, 9.17) is 15.2 Å². The van der Waals surface area contributed by atoms with Gasteiger partial charge in [-0.2, -0.15) is 4.98 Å². The first kappa shape index (κ1) is 11.5. The number of methoxy groups -OCH3 is 1. The molecule has 0 saturated heterocycles. The number of nitrogens with one attached hydrogen (secondary N) is 1. The van der Waals surface area contributed by atoms with Crippen LogP contribution in [0.25, 0.3) is 0 Å². The second-order valence-corrected chi connectivity index (χ2v) is 2.81. The Morgan fingerprint density at radius 3 is 2.87 bits per heavy atom. The third-order valence-corrected chi connectivity index (χ3v) is 1.72. The Hall–Kier alpha value is -1.56. The SMILES string of the molecule is CCNc1ncnc(OCCOC)c1N. The molecule has 3 N–H and O–H groups in total. The third kappa shape index (κ3) is 3.25. The van der Waals surface area contributed by atoms with Gasteiger partial charge < -0.3 is 20.5 Å². The third-order valence-electron chi connectivity index (χ3n) is 1.72. The molecule has 0 saturated carbocycles. The van der Waals surface area contributed by atoms with E-state index < -0.39 is 0 Å². The van der Waals surface area contributed by atoms with E-state index in [0.717, 1.165) is 6.54 Å². The maximum absolute atomic E-state index is 5.80. The fraction of sp³-hybridized carbons (Fsp3) is 0.556. The van der Waals surface area contributed by atoms with Crippen molar-refractivity contribution in [2.45, 2.75) is 6.92 Å². The van der Waals surface area contributed by atoms with E-state index in [2.05, 4.69) is 15.3 Å². The molecule has 0 fully saturated rings. The van der Waals surface area contributed by atoms with E-state index in [-0.39, 0.29) is 0 Å². The normalized spacial score (nSPS) is 10.0. The summed E-state index contributed by atoms with van der Waals surface area (Å²) in [6, 6.07) is 0. The molecule has 0 spiro atoms.